The topological polar surface area (TPSA) is 52.3 Å². The average Bonchev–Trinajstić information content (AvgIpc) is 2.83. The molecule has 1 aromatic heterocycles. The molecule has 0 amide bonds. The number of carbonyl (C=O) groups is 1. The first-order chi connectivity index (χ1) is 9.15. The molecular formula is C14H15NO2S2. The van der Waals surface area contributed by atoms with Crippen LogP contribution in [0.5, 0.6) is 0 Å². The Hall–Kier alpha value is -1.46. The molecule has 5 heteroatoms. The van der Waals surface area contributed by atoms with Gasteiger partial charge in [-0.25, -0.2) is 4.79 Å². The second-order valence-corrected chi connectivity index (χ2v) is 6.35. The average molecular weight is 293 g/mol. The van der Waals surface area contributed by atoms with Gasteiger partial charge < -0.3 is 10.5 Å². The molecule has 2 aromatic rings. The first kappa shape index (κ1) is 14.0. The van der Waals surface area contributed by atoms with Gasteiger partial charge in [-0.15, -0.1) is 11.3 Å². The van der Waals surface area contributed by atoms with Crippen molar-refractivity contribution >= 4 is 34.8 Å². The molecule has 0 spiro atoms. The summed E-state index contributed by atoms with van der Waals surface area (Å²) in [7, 11) is 1.40. The molecule has 1 aromatic carbocycles. The molecular weight excluding hydrogens is 278 g/mol. The van der Waals surface area contributed by atoms with E-state index in [4.69, 9.17) is 10.5 Å². The third-order valence-corrected chi connectivity index (χ3v) is 5.20. The molecule has 2 rings (SSSR count). The molecule has 0 unspecified atom stereocenters. The van der Waals surface area contributed by atoms with Crippen LogP contribution in [0.1, 0.15) is 22.2 Å². The van der Waals surface area contributed by atoms with Gasteiger partial charge in [0.05, 0.1) is 16.9 Å². The number of aryl methyl sites for hydroxylation is 1. The smallest absolute Gasteiger partial charge is 0.339 e. The summed E-state index contributed by atoms with van der Waals surface area (Å²) in [5, 5.41) is 0. The molecule has 0 bridgehead atoms. The molecule has 1 heterocycles. The summed E-state index contributed by atoms with van der Waals surface area (Å²) in [5.74, 6) is -0.298. The monoisotopic (exact) mass is 293 g/mol. The van der Waals surface area contributed by atoms with Gasteiger partial charge in [-0.05, 0) is 24.6 Å². The second-order valence-electron chi connectivity index (χ2n) is 3.90. The van der Waals surface area contributed by atoms with Gasteiger partial charge in [-0.3, -0.25) is 0 Å². The van der Waals surface area contributed by atoms with Gasteiger partial charge in [-0.1, -0.05) is 30.8 Å². The SMILES string of the molecule is CCc1cc(C(=O)OC)c(Sc2ccccc2N)s1. The van der Waals surface area contributed by atoms with E-state index in [1.54, 1.807) is 11.3 Å². The maximum absolute atomic E-state index is 11.8. The number of rotatable bonds is 4. The molecule has 0 saturated carbocycles. The van der Waals surface area contributed by atoms with E-state index in [2.05, 4.69) is 6.92 Å². The molecule has 0 aliphatic carbocycles. The van der Waals surface area contributed by atoms with Crippen molar-refractivity contribution in [1.82, 2.24) is 0 Å². The van der Waals surface area contributed by atoms with Crippen molar-refractivity contribution in [1.29, 1.82) is 0 Å². The quantitative estimate of drug-likeness (QED) is 0.687. The molecule has 0 fully saturated rings. The Labute approximate surface area is 120 Å². The van der Waals surface area contributed by atoms with E-state index in [0.29, 0.717) is 5.56 Å². The Kier molecular flexibility index (Phi) is 4.50. The summed E-state index contributed by atoms with van der Waals surface area (Å²) in [5.41, 5.74) is 7.27. The molecule has 0 atom stereocenters. The van der Waals surface area contributed by atoms with E-state index in [0.717, 1.165) is 26.1 Å². The fourth-order valence-electron chi connectivity index (χ4n) is 1.60. The highest BCUT2D eigenvalue weighted by atomic mass is 32.2. The van der Waals surface area contributed by atoms with Crippen molar-refractivity contribution < 1.29 is 9.53 Å². The van der Waals surface area contributed by atoms with E-state index in [1.807, 2.05) is 30.3 Å². The first-order valence-electron chi connectivity index (χ1n) is 5.89. The number of esters is 1. The first-order valence-corrected chi connectivity index (χ1v) is 7.52. The summed E-state index contributed by atoms with van der Waals surface area (Å²) < 4.78 is 5.76. The van der Waals surface area contributed by atoms with Gasteiger partial charge in [0.15, 0.2) is 0 Å². The van der Waals surface area contributed by atoms with E-state index in [9.17, 15) is 4.79 Å². The van der Waals surface area contributed by atoms with Crippen molar-refractivity contribution in [3.8, 4) is 0 Å². The number of hydrogen-bond donors (Lipinski definition) is 1. The maximum Gasteiger partial charge on any atom is 0.339 e. The zero-order valence-corrected chi connectivity index (χ0v) is 12.4. The summed E-state index contributed by atoms with van der Waals surface area (Å²) in [6.07, 6.45) is 0.902. The molecule has 2 N–H and O–H groups in total. The Bertz CT molecular complexity index is 593. The van der Waals surface area contributed by atoms with Crippen LogP contribution in [-0.4, -0.2) is 13.1 Å². The Morgan fingerprint density at radius 1 is 1.42 bits per heavy atom. The predicted octanol–water partition coefficient (Wildman–Crippen LogP) is 3.83. The van der Waals surface area contributed by atoms with Gasteiger partial charge in [0.2, 0.25) is 0 Å². The van der Waals surface area contributed by atoms with Crippen LogP contribution in [0.25, 0.3) is 0 Å². The van der Waals surface area contributed by atoms with Crippen LogP contribution in [0.15, 0.2) is 39.4 Å². The number of anilines is 1. The molecule has 0 saturated heterocycles. The molecule has 3 nitrogen and oxygen atoms in total. The third kappa shape index (κ3) is 3.11. The minimum Gasteiger partial charge on any atom is -0.465 e. The van der Waals surface area contributed by atoms with E-state index in [1.165, 1.54) is 18.9 Å². The van der Waals surface area contributed by atoms with Crippen LogP contribution >= 0.6 is 23.1 Å². The van der Waals surface area contributed by atoms with E-state index in [-0.39, 0.29) is 5.97 Å². The molecule has 0 radical (unpaired) electrons. The van der Waals surface area contributed by atoms with Gasteiger partial charge in [0.25, 0.3) is 0 Å². The van der Waals surface area contributed by atoms with E-state index >= 15 is 0 Å². The van der Waals surface area contributed by atoms with Gasteiger partial charge >= 0.3 is 5.97 Å². The number of nitrogen functional groups attached to an aromatic ring is 1. The second kappa shape index (κ2) is 6.12. The Balaban J connectivity index is 2.36. The number of hydrogen-bond acceptors (Lipinski definition) is 5. The minimum atomic E-state index is -0.298. The van der Waals surface area contributed by atoms with Gasteiger partial charge in [-0.2, -0.15) is 0 Å². The predicted molar refractivity (Wildman–Crippen MR) is 80.0 cm³/mol. The van der Waals surface area contributed by atoms with Crippen LogP contribution in [-0.2, 0) is 11.2 Å². The number of ether oxygens (including phenoxy) is 1. The van der Waals surface area contributed by atoms with Crippen LogP contribution < -0.4 is 5.73 Å². The zero-order valence-electron chi connectivity index (χ0n) is 10.8. The fraction of sp³-hybridized carbons (Fsp3) is 0.214. The third-order valence-electron chi connectivity index (χ3n) is 2.62. The molecule has 0 aliphatic rings. The summed E-state index contributed by atoms with van der Waals surface area (Å²) >= 11 is 3.13. The van der Waals surface area contributed by atoms with Crippen molar-refractivity contribution in [2.24, 2.45) is 0 Å². The minimum absolute atomic E-state index is 0.298. The van der Waals surface area contributed by atoms with Crippen molar-refractivity contribution in [3.05, 3.63) is 40.8 Å². The number of thiophene rings is 1. The lowest BCUT2D eigenvalue weighted by molar-refractivity contribution is 0.0598. The van der Waals surface area contributed by atoms with Gasteiger partial charge in [0.1, 0.15) is 0 Å². The summed E-state index contributed by atoms with van der Waals surface area (Å²) in [6, 6.07) is 9.54. The standard InChI is InChI=1S/C14H15NO2S2/c1-3-9-8-10(13(16)17-2)14(18-9)19-12-7-5-4-6-11(12)15/h4-8H,3,15H2,1-2H3. The van der Waals surface area contributed by atoms with E-state index < -0.39 is 0 Å². The number of benzene rings is 1. The highest BCUT2D eigenvalue weighted by Gasteiger charge is 2.17. The summed E-state index contributed by atoms with van der Waals surface area (Å²) in [4.78, 5) is 13.9. The molecule has 19 heavy (non-hydrogen) atoms. The summed E-state index contributed by atoms with van der Waals surface area (Å²) in [6.45, 7) is 2.07. The maximum atomic E-state index is 11.8. The fourth-order valence-corrected chi connectivity index (χ4v) is 3.95. The highest BCUT2D eigenvalue weighted by molar-refractivity contribution is 8.01. The van der Waals surface area contributed by atoms with Crippen molar-refractivity contribution in [2.45, 2.75) is 22.4 Å². The van der Waals surface area contributed by atoms with Crippen molar-refractivity contribution in [2.75, 3.05) is 12.8 Å². The number of para-hydroxylation sites is 1. The van der Waals surface area contributed by atoms with Crippen LogP contribution in [0, 0.1) is 0 Å². The lowest BCUT2D eigenvalue weighted by Gasteiger charge is -2.04. The molecule has 0 aliphatic heterocycles. The normalized spacial score (nSPS) is 10.4. The largest absolute Gasteiger partial charge is 0.465 e. The van der Waals surface area contributed by atoms with Gasteiger partial charge in [0, 0.05) is 15.5 Å². The zero-order chi connectivity index (χ0) is 13.8. The number of carbonyl (C=O) groups excluding carboxylic acids is 1. The van der Waals surface area contributed by atoms with Crippen molar-refractivity contribution in [3.63, 3.8) is 0 Å². The number of methoxy groups -OCH3 is 1. The Morgan fingerprint density at radius 3 is 2.79 bits per heavy atom. The highest BCUT2D eigenvalue weighted by Crippen LogP contribution is 2.39. The lowest BCUT2D eigenvalue weighted by atomic mass is 10.3. The van der Waals surface area contributed by atoms with Crippen LogP contribution in [0.4, 0.5) is 5.69 Å². The lowest BCUT2D eigenvalue weighted by Crippen LogP contribution is -2.00. The number of nitrogens with two attached hydrogens (primary N) is 1. The van der Waals surface area contributed by atoms with Crippen LogP contribution in [0.2, 0.25) is 0 Å². The molecule has 100 valence electrons. The Morgan fingerprint density at radius 2 is 2.16 bits per heavy atom. The van der Waals surface area contributed by atoms with Crippen LogP contribution in [0.3, 0.4) is 0 Å².